The van der Waals surface area contributed by atoms with E-state index in [-0.39, 0.29) is 29.5 Å². The van der Waals surface area contributed by atoms with Gasteiger partial charge in [-0.3, -0.25) is 14.2 Å². The van der Waals surface area contributed by atoms with Gasteiger partial charge in [-0.15, -0.1) is 0 Å². The van der Waals surface area contributed by atoms with Crippen LogP contribution in [-0.4, -0.2) is 32.1 Å². The molecule has 1 aromatic carbocycles. The maximum atomic E-state index is 13.5. The van der Waals surface area contributed by atoms with Crippen LogP contribution in [0.3, 0.4) is 0 Å². The van der Waals surface area contributed by atoms with Crippen LogP contribution in [0.5, 0.6) is 0 Å². The van der Waals surface area contributed by atoms with Gasteiger partial charge in [0.15, 0.2) is 0 Å². The summed E-state index contributed by atoms with van der Waals surface area (Å²) in [5, 5.41) is 13.5. The molecule has 4 rings (SSSR count). The number of nitrogens with zero attached hydrogens (tertiary/aromatic N) is 5. The smallest absolute Gasteiger partial charge is 0.267 e. The first-order valence-corrected chi connectivity index (χ1v) is 11.1. The van der Waals surface area contributed by atoms with Gasteiger partial charge in [0.2, 0.25) is 5.91 Å². The zero-order valence-corrected chi connectivity index (χ0v) is 18.5. The molecule has 0 spiro atoms. The highest BCUT2D eigenvalue weighted by molar-refractivity contribution is 5.80. The Morgan fingerprint density at radius 1 is 1.34 bits per heavy atom. The minimum absolute atomic E-state index is 0.0201. The number of nitriles is 1. The van der Waals surface area contributed by atoms with Gasteiger partial charge in [-0.25, -0.2) is 0 Å². The zero-order chi connectivity index (χ0) is 22.7. The molecule has 8 heteroatoms. The average Bonchev–Trinajstić information content (AvgIpc) is 3.13. The van der Waals surface area contributed by atoms with Crippen LogP contribution in [-0.2, 0) is 11.3 Å². The van der Waals surface area contributed by atoms with Crippen LogP contribution in [0.2, 0.25) is 0 Å². The van der Waals surface area contributed by atoms with E-state index in [1.165, 1.54) is 0 Å². The van der Waals surface area contributed by atoms with Gasteiger partial charge in [0.05, 0.1) is 30.8 Å². The number of hydrogen-bond donors (Lipinski definition) is 0. The Morgan fingerprint density at radius 2 is 2.09 bits per heavy atom. The Balaban J connectivity index is 1.85. The standard InChI is InChI=1S/C24H27N5O3/c1-3-19(28(14-8-13-25)23(30)18-11-7-12-18)21-26-22-20(16(2)27-32-22)24(31)29(21)15-17-9-5-4-6-10-17/h4-6,9-10,18-19H,3,7-8,11-12,14-15H2,1-2H3. The molecule has 1 fully saturated rings. The molecule has 2 heterocycles. The molecule has 32 heavy (non-hydrogen) atoms. The maximum absolute atomic E-state index is 13.5. The van der Waals surface area contributed by atoms with Crippen LogP contribution in [0.4, 0.5) is 0 Å². The summed E-state index contributed by atoms with van der Waals surface area (Å²) < 4.78 is 6.97. The number of rotatable bonds is 8. The summed E-state index contributed by atoms with van der Waals surface area (Å²) in [6.07, 6.45) is 3.55. The number of fused-ring (bicyclic) bond motifs is 1. The van der Waals surface area contributed by atoms with Crippen molar-refractivity contribution in [3.63, 3.8) is 0 Å². The van der Waals surface area contributed by atoms with Gasteiger partial charge < -0.3 is 9.42 Å². The van der Waals surface area contributed by atoms with E-state index in [0.29, 0.717) is 36.4 Å². The fraction of sp³-hybridized carbons (Fsp3) is 0.458. The number of aromatic nitrogens is 3. The van der Waals surface area contributed by atoms with Gasteiger partial charge in [0.1, 0.15) is 11.2 Å². The predicted octanol–water partition coefficient (Wildman–Crippen LogP) is 3.73. The number of benzene rings is 1. The Hall–Kier alpha value is -3.47. The summed E-state index contributed by atoms with van der Waals surface area (Å²) in [5.41, 5.74) is 1.39. The lowest BCUT2D eigenvalue weighted by Gasteiger charge is -2.36. The Kier molecular flexibility index (Phi) is 6.35. The van der Waals surface area contributed by atoms with Crippen molar-refractivity contribution in [3.05, 3.63) is 57.8 Å². The molecule has 0 saturated heterocycles. The van der Waals surface area contributed by atoms with Crippen molar-refractivity contribution in [2.75, 3.05) is 6.54 Å². The van der Waals surface area contributed by atoms with Crippen LogP contribution in [0.1, 0.15) is 62.2 Å². The fourth-order valence-corrected chi connectivity index (χ4v) is 4.28. The van der Waals surface area contributed by atoms with E-state index in [1.54, 1.807) is 16.4 Å². The highest BCUT2D eigenvalue weighted by atomic mass is 16.5. The van der Waals surface area contributed by atoms with Crippen LogP contribution < -0.4 is 5.56 Å². The van der Waals surface area contributed by atoms with Gasteiger partial charge in [-0.1, -0.05) is 48.8 Å². The second-order valence-corrected chi connectivity index (χ2v) is 8.29. The lowest BCUT2D eigenvalue weighted by molar-refractivity contribution is -0.141. The van der Waals surface area contributed by atoms with Crippen LogP contribution in [0.25, 0.3) is 11.1 Å². The van der Waals surface area contributed by atoms with E-state index in [4.69, 9.17) is 9.51 Å². The van der Waals surface area contributed by atoms with Gasteiger partial charge in [0, 0.05) is 12.5 Å². The molecule has 0 aliphatic heterocycles. The van der Waals surface area contributed by atoms with Gasteiger partial charge >= 0.3 is 0 Å². The number of carbonyl (C=O) groups is 1. The van der Waals surface area contributed by atoms with Crippen molar-refractivity contribution in [3.8, 4) is 6.07 Å². The summed E-state index contributed by atoms with van der Waals surface area (Å²) in [6.45, 7) is 4.31. The Labute approximate surface area is 186 Å². The molecule has 1 aliphatic carbocycles. The monoisotopic (exact) mass is 433 g/mol. The summed E-state index contributed by atoms with van der Waals surface area (Å²) in [7, 11) is 0. The minimum Gasteiger partial charge on any atom is -0.335 e. The largest absolute Gasteiger partial charge is 0.335 e. The van der Waals surface area contributed by atoms with E-state index >= 15 is 0 Å². The van der Waals surface area contributed by atoms with Crippen molar-refractivity contribution in [2.24, 2.45) is 5.92 Å². The molecule has 3 aromatic rings. The van der Waals surface area contributed by atoms with Crippen molar-refractivity contribution in [1.29, 1.82) is 5.26 Å². The first-order chi connectivity index (χ1) is 15.5. The number of carbonyl (C=O) groups excluding carboxylic acids is 1. The molecule has 8 nitrogen and oxygen atoms in total. The van der Waals surface area contributed by atoms with Crippen molar-refractivity contribution in [2.45, 2.75) is 58.5 Å². The molecule has 1 amide bonds. The lowest BCUT2D eigenvalue weighted by Crippen LogP contribution is -2.43. The number of aryl methyl sites for hydroxylation is 1. The molecule has 1 atom stereocenters. The summed E-state index contributed by atoms with van der Waals surface area (Å²) in [5.74, 6) is 0.483. The van der Waals surface area contributed by atoms with Crippen molar-refractivity contribution >= 4 is 17.0 Å². The number of amides is 1. The van der Waals surface area contributed by atoms with E-state index in [2.05, 4.69) is 11.2 Å². The fourth-order valence-electron chi connectivity index (χ4n) is 4.28. The second kappa shape index (κ2) is 9.35. The average molecular weight is 434 g/mol. The summed E-state index contributed by atoms with van der Waals surface area (Å²) in [4.78, 5) is 33.3. The highest BCUT2D eigenvalue weighted by Crippen LogP contribution is 2.33. The topological polar surface area (TPSA) is 105 Å². The van der Waals surface area contributed by atoms with E-state index in [1.807, 2.05) is 37.3 Å². The van der Waals surface area contributed by atoms with E-state index in [0.717, 1.165) is 24.8 Å². The van der Waals surface area contributed by atoms with E-state index < -0.39 is 6.04 Å². The van der Waals surface area contributed by atoms with Gasteiger partial charge in [0.25, 0.3) is 11.3 Å². The predicted molar refractivity (Wildman–Crippen MR) is 119 cm³/mol. The quantitative estimate of drug-likeness (QED) is 0.536. The van der Waals surface area contributed by atoms with Gasteiger partial charge in [-0.05, 0) is 31.7 Å². The van der Waals surface area contributed by atoms with Gasteiger partial charge in [-0.2, -0.15) is 10.2 Å². The molecule has 0 N–H and O–H groups in total. The highest BCUT2D eigenvalue weighted by Gasteiger charge is 2.35. The summed E-state index contributed by atoms with van der Waals surface area (Å²) >= 11 is 0. The third kappa shape index (κ3) is 4.03. The van der Waals surface area contributed by atoms with Crippen LogP contribution in [0.15, 0.2) is 39.6 Å². The minimum atomic E-state index is -0.442. The second-order valence-electron chi connectivity index (χ2n) is 8.29. The van der Waals surface area contributed by atoms with Crippen molar-refractivity contribution < 1.29 is 9.32 Å². The molecule has 2 aromatic heterocycles. The van der Waals surface area contributed by atoms with Crippen LogP contribution in [0, 0.1) is 24.2 Å². The lowest BCUT2D eigenvalue weighted by atomic mass is 9.84. The van der Waals surface area contributed by atoms with Crippen molar-refractivity contribution in [1.82, 2.24) is 19.6 Å². The van der Waals surface area contributed by atoms with E-state index in [9.17, 15) is 14.9 Å². The molecular formula is C24H27N5O3. The SMILES string of the molecule is CCC(c1nc2onc(C)c2c(=O)n1Cc1ccccc1)N(CCC#N)C(=O)C1CCC1. The molecular weight excluding hydrogens is 406 g/mol. The molecule has 0 radical (unpaired) electrons. The first kappa shape index (κ1) is 21.8. The zero-order valence-electron chi connectivity index (χ0n) is 18.5. The molecule has 1 aliphatic rings. The third-order valence-electron chi connectivity index (χ3n) is 6.24. The molecule has 1 saturated carbocycles. The summed E-state index contributed by atoms with van der Waals surface area (Å²) in [6, 6.07) is 11.4. The first-order valence-electron chi connectivity index (χ1n) is 11.1. The number of hydrogen-bond acceptors (Lipinski definition) is 6. The molecule has 1 unspecified atom stereocenters. The molecule has 166 valence electrons. The normalized spacial score (nSPS) is 14.7. The third-order valence-corrected chi connectivity index (χ3v) is 6.24. The maximum Gasteiger partial charge on any atom is 0.267 e. The van der Waals surface area contributed by atoms with Crippen LogP contribution >= 0.6 is 0 Å². The Bertz CT molecular complexity index is 1200. The molecule has 0 bridgehead atoms. The Morgan fingerprint density at radius 3 is 2.72 bits per heavy atom.